The lowest BCUT2D eigenvalue weighted by atomic mass is 10.1. The number of primary amides is 1. The van der Waals surface area contributed by atoms with Crippen LogP contribution in [0.15, 0.2) is 54.7 Å². The molecule has 0 aliphatic heterocycles. The van der Waals surface area contributed by atoms with E-state index in [-0.39, 0.29) is 0 Å². The molecule has 3 N–H and O–H groups in total. The number of nitrogens with two attached hydrogens (primary N) is 1. The van der Waals surface area contributed by atoms with Gasteiger partial charge in [-0.3, -0.25) is 9.48 Å². The second-order valence-corrected chi connectivity index (χ2v) is 5.68. The van der Waals surface area contributed by atoms with Crippen LogP contribution in [-0.4, -0.2) is 22.8 Å². The van der Waals surface area contributed by atoms with Crippen LogP contribution in [0.3, 0.4) is 0 Å². The third kappa shape index (κ3) is 3.63. The van der Waals surface area contributed by atoms with E-state index in [1.165, 1.54) is 0 Å². The van der Waals surface area contributed by atoms with Gasteiger partial charge in [0.2, 0.25) is 5.91 Å². The number of carbonyl (C=O) groups excluding carboxylic acids is 1. The Morgan fingerprint density at radius 1 is 1.24 bits per heavy atom. The van der Waals surface area contributed by atoms with E-state index < -0.39 is 5.91 Å². The molecule has 25 heavy (non-hydrogen) atoms. The van der Waals surface area contributed by atoms with Crippen molar-refractivity contribution >= 4 is 11.6 Å². The lowest BCUT2D eigenvalue weighted by molar-refractivity contribution is 0.100. The highest BCUT2D eigenvalue weighted by atomic mass is 16.5. The van der Waals surface area contributed by atoms with Crippen molar-refractivity contribution in [3.63, 3.8) is 0 Å². The van der Waals surface area contributed by atoms with Crippen molar-refractivity contribution in [3.8, 4) is 17.0 Å². The molecule has 1 amide bonds. The summed E-state index contributed by atoms with van der Waals surface area (Å²) in [6.45, 7) is 0.538. The van der Waals surface area contributed by atoms with Gasteiger partial charge in [-0.05, 0) is 18.2 Å². The number of hydrogen-bond acceptors (Lipinski definition) is 4. The molecule has 6 heteroatoms. The molecule has 1 aromatic heterocycles. The minimum Gasteiger partial charge on any atom is -0.495 e. The summed E-state index contributed by atoms with van der Waals surface area (Å²) in [7, 11) is 3.48. The molecule has 0 unspecified atom stereocenters. The summed E-state index contributed by atoms with van der Waals surface area (Å²) in [6, 6.07) is 15.1. The normalized spacial score (nSPS) is 10.5. The molecule has 0 spiro atoms. The van der Waals surface area contributed by atoms with Gasteiger partial charge in [-0.1, -0.05) is 30.3 Å². The second kappa shape index (κ2) is 7.09. The molecule has 0 aliphatic rings. The monoisotopic (exact) mass is 336 g/mol. The number of nitrogens with zero attached hydrogens (tertiary/aromatic N) is 2. The first kappa shape index (κ1) is 16.6. The van der Waals surface area contributed by atoms with Gasteiger partial charge in [-0.15, -0.1) is 0 Å². The van der Waals surface area contributed by atoms with E-state index in [0.717, 1.165) is 16.8 Å². The Bertz CT molecular complexity index is 888. The molecule has 0 aliphatic carbocycles. The minimum atomic E-state index is -0.475. The molecule has 0 atom stereocenters. The van der Waals surface area contributed by atoms with E-state index in [9.17, 15) is 4.79 Å². The van der Waals surface area contributed by atoms with Crippen molar-refractivity contribution in [1.82, 2.24) is 9.78 Å². The number of methoxy groups -OCH3 is 1. The maximum atomic E-state index is 11.4. The third-order valence-corrected chi connectivity index (χ3v) is 3.91. The predicted octanol–water partition coefficient (Wildman–Crippen LogP) is 2.81. The molecular weight excluding hydrogens is 316 g/mol. The highest BCUT2D eigenvalue weighted by Gasteiger charge is 2.12. The zero-order valence-corrected chi connectivity index (χ0v) is 14.2. The largest absolute Gasteiger partial charge is 0.495 e. The number of carbonyl (C=O) groups is 1. The van der Waals surface area contributed by atoms with E-state index >= 15 is 0 Å². The Balaban J connectivity index is 1.88. The van der Waals surface area contributed by atoms with Crippen LogP contribution >= 0.6 is 0 Å². The molecule has 0 saturated carbocycles. The van der Waals surface area contributed by atoms with Crippen LogP contribution in [0.2, 0.25) is 0 Å². The van der Waals surface area contributed by atoms with Crippen LogP contribution in [0.1, 0.15) is 15.9 Å². The van der Waals surface area contributed by atoms with Crippen LogP contribution in [0.25, 0.3) is 11.3 Å². The van der Waals surface area contributed by atoms with Gasteiger partial charge >= 0.3 is 0 Å². The minimum absolute atomic E-state index is 0.428. The Labute approximate surface area is 146 Å². The van der Waals surface area contributed by atoms with E-state index in [0.29, 0.717) is 23.5 Å². The highest BCUT2D eigenvalue weighted by Crippen LogP contribution is 2.28. The van der Waals surface area contributed by atoms with Gasteiger partial charge in [-0.25, -0.2) is 0 Å². The standard InChI is InChI=1S/C19H20N4O2/c1-23-12-15(18(22-23)13-6-4-3-5-7-13)11-21-16-10-14(19(20)24)8-9-17(16)25-2/h3-10,12,21H,11H2,1-2H3,(H2,20,24). The average molecular weight is 336 g/mol. The summed E-state index contributed by atoms with van der Waals surface area (Å²) in [5, 5.41) is 7.87. The van der Waals surface area contributed by atoms with Crippen LogP contribution in [-0.2, 0) is 13.6 Å². The van der Waals surface area contributed by atoms with Gasteiger partial charge < -0.3 is 15.8 Å². The quantitative estimate of drug-likeness (QED) is 0.725. The van der Waals surface area contributed by atoms with Crippen molar-refractivity contribution in [2.75, 3.05) is 12.4 Å². The summed E-state index contributed by atoms with van der Waals surface area (Å²) >= 11 is 0. The number of nitrogens with one attached hydrogen (secondary N) is 1. The molecule has 1 heterocycles. The summed E-state index contributed by atoms with van der Waals surface area (Å²) in [6.07, 6.45) is 1.97. The van der Waals surface area contributed by atoms with E-state index in [2.05, 4.69) is 10.4 Å². The van der Waals surface area contributed by atoms with Gasteiger partial charge in [0.25, 0.3) is 0 Å². The number of ether oxygens (including phenoxy) is 1. The molecule has 0 bridgehead atoms. The molecule has 128 valence electrons. The SMILES string of the molecule is COc1ccc(C(N)=O)cc1NCc1cn(C)nc1-c1ccccc1. The highest BCUT2D eigenvalue weighted by molar-refractivity contribution is 5.94. The number of amides is 1. The van der Waals surface area contributed by atoms with Gasteiger partial charge in [0, 0.05) is 36.5 Å². The van der Waals surface area contributed by atoms with Gasteiger partial charge in [-0.2, -0.15) is 5.10 Å². The van der Waals surface area contributed by atoms with Crippen molar-refractivity contribution in [1.29, 1.82) is 0 Å². The first-order valence-corrected chi connectivity index (χ1v) is 7.88. The fourth-order valence-corrected chi connectivity index (χ4v) is 2.70. The van der Waals surface area contributed by atoms with E-state index in [4.69, 9.17) is 10.5 Å². The van der Waals surface area contributed by atoms with Gasteiger partial charge in [0.05, 0.1) is 18.5 Å². The van der Waals surface area contributed by atoms with Crippen LogP contribution in [0.4, 0.5) is 5.69 Å². The van der Waals surface area contributed by atoms with Crippen molar-refractivity contribution < 1.29 is 9.53 Å². The van der Waals surface area contributed by atoms with Crippen LogP contribution < -0.4 is 15.8 Å². The number of anilines is 1. The summed E-state index contributed by atoms with van der Waals surface area (Å²) in [4.78, 5) is 11.4. The average Bonchev–Trinajstić information content (AvgIpc) is 3.01. The first-order valence-electron chi connectivity index (χ1n) is 7.88. The second-order valence-electron chi connectivity index (χ2n) is 5.68. The van der Waals surface area contributed by atoms with E-state index in [1.54, 1.807) is 30.0 Å². The van der Waals surface area contributed by atoms with Crippen molar-refractivity contribution in [3.05, 3.63) is 65.9 Å². The molecular formula is C19H20N4O2. The van der Waals surface area contributed by atoms with Crippen LogP contribution in [0, 0.1) is 0 Å². The lowest BCUT2D eigenvalue weighted by Gasteiger charge is -2.12. The Morgan fingerprint density at radius 2 is 2.00 bits per heavy atom. The molecule has 0 radical (unpaired) electrons. The molecule has 3 rings (SSSR count). The maximum absolute atomic E-state index is 11.4. The molecule has 0 saturated heterocycles. The van der Waals surface area contributed by atoms with Gasteiger partial charge in [0.1, 0.15) is 5.75 Å². The lowest BCUT2D eigenvalue weighted by Crippen LogP contribution is -2.12. The first-order chi connectivity index (χ1) is 12.1. The Kier molecular flexibility index (Phi) is 4.70. The molecule has 6 nitrogen and oxygen atoms in total. The predicted molar refractivity (Wildman–Crippen MR) is 97.5 cm³/mol. The molecule has 3 aromatic rings. The number of aryl methyl sites for hydroxylation is 1. The van der Waals surface area contributed by atoms with Crippen molar-refractivity contribution in [2.45, 2.75) is 6.54 Å². The Hall–Kier alpha value is -3.28. The maximum Gasteiger partial charge on any atom is 0.248 e. The zero-order chi connectivity index (χ0) is 17.8. The smallest absolute Gasteiger partial charge is 0.248 e. The molecule has 2 aromatic carbocycles. The molecule has 0 fully saturated rings. The number of rotatable bonds is 6. The number of benzene rings is 2. The Morgan fingerprint density at radius 3 is 2.68 bits per heavy atom. The zero-order valence-electron chi connectivity index (χ0n) is 14.2. The van der Waals surface area contributed by atoms with E-state index in [1.807, 2.05) is 43.6 Å². The topological polar surface area (TPSA) is 82.2 Å². The fourth-order valence-electron chi connectivity index (χ4n) is 2.70. The van der Waals surface area contributed by atoms with Crippen LogP contribution in [0.5, 0.6) is 5.75 Å². The van der Waals surface area contributed by atoms with Gasteiger partial charge in [0.15, 0.2) is 0 Å². The summed E-state index contributed by atoms with van der Waals surface area (Å²) in [5.41, 5.74) is 9.51. The van der Waals surface area contributed by atoms with Crippen molar-refractivity contribution in [2.24, 2.45) is 12.8 Å². The number of aromatic nitrogens is 2. The summed E-state index contributed by atoms with van der Waals surface area (Å²) in [5.74, 6) is 0.173. The summed E-state index contributed by atoms with van der Waals surface area (Å²) < 4.78 is 7.14. The fraction of sp³-hybridized carbons (Fsp3) is 0.158. The number of hydrogen-bond donors (Lipinski definition) is 2. The third-order valence-electron chi connectivity index (χ3n) is 3.91.